The highest BCUT2D eigenvalue weighted by Crippen LogP contribution is 2.15. The summed E-state index contributed by atoms with van der Waals surface area (Å²) in [7, 11) is 1.67. The van der Waals surface area contributed by atoms with Crippen LogP contribution in [0.25, 0.3) is 10.8 Å². The van der Waals surface area contributed by atoms with Gasteiger partial charge in [0.25, 0.3) is 5.91 Å². The zero-order valence-corrected chi connectivity index (χ0v) is 13.1. The maximum Gasteiger partial charge on any atom is 0.251 e. The number of fused-ring (bicyclic) bond motifs is 1. The van der Waals surface area contributed by atoms with Crippen molar-refractivity contribution < 1.29 is 9.53 Å². The second-order valence-electron chi connectivity index (χ2n) is 5.50. The largest absolute Gasteiger partial charge is 0.380 e. The van der Waals surface area contributed by atoms with Gasteiger partial charge in [-0.1, -0.05) is 54.6 Å². The van der Waals surface area contributed by atoms with E-state index in [4.69, 9.17) is 4.74 Å². The average molecular weight is 305 g/mol. The Morgan fingerprint density at radius 3 is 2.52 bits per heavy atom. The highest BCUT2D eigenvalue weighted by molar-refractivity contribution is 5.98. The van der Waals surface area contributed by atoms with Gasteiger partial charge in [-0.15, -0.1) is 0 Å². The molecule has 1 N–H and O–H groups in total. The molecule has 1 amide bonds. The number of carbonyl (C=O) groups excluding carboxylic acids is 1. The van der Waals surface area contributed by atoms with Gasteiger partial charge in [-0.2, -0.15) is 0 Å². The Bertz CT molecular complexity index is 826. The minimum Gasteiger partial charge on any atom is -0.380 e. The van der Waals surface area contributed by atoms with Crippen molar-refractivity contribution in [2.45, 2.75) is 13.2 Å². The van der Waals surface area contributed by atoms with Crippen molar-refractivity contribution in [3.63, 3.8) is 0 Å². The van der Waals surface area contributed by atoms with E-state index in [1.54, 1.807) is 7.11 Å². The van der Waals surface area contributed by atoms with Gasteiger partial charge in [-0.25, -0.2) is 0 Å². The van der Waals surface area contributed by atoms with Crippen molar-refractivity contribution in [3.8, 4) is 0 Å². The van der Waals surface area contributed by atoms with Crippen LogP contribution >= 0.6 is 0 Å². The molecule has 3 rings (SSSR count). The molecular formula is C20H19NO2. The molecule has 0 saturated heterocycles. The zero-order valence-electron chi connectivity index (χ0n) is 13.1. The third-order valence-corrected chi connectivity index (χ3v) is 3.77. The molecule has 0 fully saturated rings. The van der Waals surface area contributed by atoms with E-state index in [0.29, 0.717) is 18.7 Å². The quantitative estimate of drug-likeness (QED) is 0.776. The SMILES string of the molecule is COCc1cccc(CNC(=O)c2ccc3ccccc3c2)c1. The summed E-state index contributed by atoms with van der Waals surface area (Å²) in [4.78, 5) is 12.3. The Labute approximate surface area is 135 Å². The van der Waals surface area contributed by atoms with Gasteiger partial charge in [0.2, 0.25) is 0 Å². The molecule has 3 aromatic rings. The standard InChI is InChI=1S/C20H19NO2/c1-23-14-16-6-4-5-15(11-16)13-21-20(22)19-10-9-17-7-2-3-8-18(17)12-19/h2-12H,13-14H2,1H3,(H,21,22). The van der Waals surface area contributed by atoms with Crippen LogP contribution < -0.4 is 5.32 Å². The Kier molecular flexibility index (Phi) is 4.69. The van der Waals surface area contributed by atoms with Crippen molar-refractivity contribution in [2.75, 3.05) is 7.11 Å². The van der Waals surface area contributed by atoms with E-state index in [0.717, 1.165) is 21.9 Å². The third-order valence-electron chi connectivity index (χ3n) is 3.77. The Hall–Kier alpha value is -2.65. The van der Waals surface area contributed by atoms with Gasteiger partial charge >= 0.3 is 0 Å². The summed E-state index contributed by atoms with van der Waals surface area (Å²) in [5.74, 6) is -0.0621. The molecule has 0 saturated carbocycles. The summed E-state index contributed by atoms with van der Waals surface area (Å²) in [5, 5.41) is 5.18. The molecule has 0 bridgehead atoms. The van der Waals surface area contributed by atoms with Gasteiger partial charge in [0.1, 0.15) is 0 Å². The van der Waals surface area contributed by atoms with Crippen LogP contribution in [0.1, 0.15) is 21.5 Å². The van der Waals surface area contributed by atoms with Gasteiger partial charge in [-0.3, -0.25) is 4.79 Å². The maximum absolute atomic E-state index is 12.3. The van der Waals surface area contributed by atoms with Gasteiger partial charge in [0.15, 0.2) is 0 Å². The summed E-state index contributed by atoms with van der Waals surface area (Å²) in [6.07, 6.45) is 0. The first kappa shape index (κ1) is 15.3. The van der Waals surface area contributed by atoms with Crippen LogP contribution in [0.2, 0.25) is 0 Å². The fraction of sp³-hybridized carbons (Fsp3) is 0.150. The van der Waals surface area contributed by atoms with E-state index in [2.05, 4.69) is 5.32 Å². The summed E-state index contributed by atoms with van der Waals surface area (Å²) in [6, 6.07) is 21.8. The predicted octanol–water partition coefficient (Wildman–Crippen LogP) is 3.92. The lowest BCUT2D eigenvalue weighted by atomic mass is 10.1. The first-order valence-corrected chi connectivity index (χ1v) is 7.60. The fourth-order valence-corrected chi connectivity index (χ4v) is 2.61. The van der Waals surface area contributed by atoms with Gasteiger partial charge in [0.05, 0.1) is 6.61 Å². The van der Waals surface area contributed by atoms with E-state index in [1.165, 1.54) is 0 Å². The van der Waals surface area contributed by atoms with E-state index in [1.807, 2.05) is 66.7 Å². The molecule has 0 aliphatic carbocycles. The molecule has 3 nitrogen and oxygen atoms in total. The molecular weight excluding hydrogens is 286 g/mol. The molecule has 0 atom stereocenters. The van der Waals surface area contributed by atoms with Crippen LogP contribution in [0.15, 0.2) is 66.7 Å². The molecule has 0 unspecified atom stereocenters. The van der Waals surface area contributed by atoms with Crippen LogP contribution in [-0.4, -0.2) is 13.0 Å². The lowest BCUT2D eigenvalue weighted by Crippen LogP contribution is -2.22. The minimum atomic E-state index is -0.0621. The first-order valence-electron chi connectivity index (χ1n) is 7.60. The second-order valence-corrected chi connectivity index (χ2v) is 5.50. The number of hydrogen-bond acceptors (Lipinski definition) is 2. The number of carbonyl (C=O) groups is 1. The van der Waals surface area contributed by atoms with Crippen LogP contribution in [0.5, 0.6) is 0 Å². The average Bonchev–Trinajstić information content (AvgIpc) is 2.60. The second kappa shape index (κ2) is 7.07. The molecule has 23 heavy (non-hydrogen) atoms. The summed E-state index contributed by atoms with van der Waals surface area (Å²) >= 11 is 0. The molecule has 0 aliphatic heterocycles. The number of rotatable bonds is 5. The summed E-state index contributed by atoms with van der Waals surface area (Å²) in [5.41, 5.74) is 2.84. The highest BCUT2D eigenvalue weighted by Gasteiger charge is 2.06. The van der Waals surface area contributed by atoms with Gasteiger partial charge in [-0.05, 0) is 34.0 Å². The van der Waals surface area contributed by atoms with Crippen molar-refractivity contribution >= 4 is 16.7 Å². The lowest BCUT2D eigenvalue weighted by Gasteiger charge is -2.08. The maximum atomic E-state index is 12.3. The Morgan fingerprint density at radius 1 is 0.913 bits per heavy atom. The van der Waals surface area contributed by atoms with E-state index >= 15 is 0 Å². The molecule has 0 radical (unpaired) electrons. The number of hydrogen-bond donors (Lipinski definition) is 1. The number of nitrogens with one attached hydrogen (secondary N) is 1. The van der Waals surface area contributed by atoms with Gasteiger partial charge in [0, 0.05) is 19.2 Å². The van der Waals surface area contributed by atoms with E-state index < -0.39 is 0 Å². The van der Waals surface area contributed by atoms with Crippen molar-refractivity contribution in [2.24, 2.45) is 0 Å². The summed E-state index contributed by atoms with van der Waals surface area (Å²) in [6.45, 7) is 1.08. The molecule has 116 valence electrons. The highest BCUT2D eigenvalue weighted by atomic mass is 16.5. The Morgan fingerprint density at radius 2 is 1.70 bits per heavy atom. The Balaban J connectivity index is 1.69. The van der Waals surface area contributed by atoms with Crippen molar-refractivity contribution in [1.29, 1.82) is 0 Å². The number of amides is 1. The number of ether oxygens (including phenoxy) is 1. The molecule has 0 heterocycles. The van der Waals surface area contributed by atoms with Crippen molar-refractivity contribution in [3.05, 3.63) is 83.4 Å². The van der Waals surface area contributed by atoms with E-state index in [-0.39, 0.29) is 5.91 Å². The molecule has 3 aromatic carbocycles. The van der Waals surface area contributed by atoms with Crippen molar-refractivity contribution in [1.82, 2.24) is 5.32 Å². The number of benzene rings is 3. The lowest BCUT2D eigenvalue weighted by molar-refractivity contribution is 0.0951. The molecule has 0 spiro atoms. The molecule has 3 heteroatoms. The number of methoxy groups -OCH3 is 1. The van der Waals surface area contributed by atoms with Gasteiger partial charge < -0.3 is 10.1 Å². The van der Waals surface area contributed by atoms with Crippen LogP contribution in [0, 0.1) is 0 Å². The first-order chi connectivity index (χ1) is 11.3. The fourth-order valence-electron chi connectivity index (χ4n) is 2.61. The summed E-state index contributed by atoms with van der Waals surface area (Å²) < 4.78 is 5.13. The predicted molar refractivity (Wildman–Crippen MR) is 92.3 cm³/mol. The molecule has 0 aromatic heterocycles. The smallest absolute Gasteiger partial charge is 0.251 e. The topological polar surface area (TPSA) is 38.3 Å². The van der Waals surface area contributed by atoms with Crippen LogP contribution in [0.4, 0.5) is 0 Å². The van der Waals surface area contributed by atoms with Crippen LogP contribution in [0.3, 0.4) is 0 Å². The minimum absolute atomic E-state index is 0.0621. The normalized spacial score (nSPS) is 10.7. The van der Waals surface area contributed by atoms with Crippen LogP contribution in [-0.2, 0) is 17.9 Å². The monoisotopic (exact) mass is 305 g/mol. The third kappa shape index (κ3) is 3.76. The molecule has 0 aliphatic rings. The van der Waals surface area contributed by atoms with E-state index in [9.17, 15) is 4.79 Å². The zero-order chi connectivity index (χ0) is 16.1.